The molecule has 0 amide bonds. The van der Waals surface area contributed by atoms with Gasteiger partial charge >= 0.3 is 5.97 Å². The zero-order valence-corrected chi connectivity index (χ0v) is 15.0. The number of rotatable bonds is 7. The second-order valence-electron chi connectivity index (χ2n) is 6.94. The van der Waals surface area contributed by atoms with Crippen LogP contribution < -0.4 is 10.6 Å². The van der Waals surface area contributed by atoms with Crippen LogP contribution in [-0.2, 0) is 9.53 Å². The van der Waals surface area contributed by atoms with Crippen LogP contribution in [0.25, 0.3) is 0 Å². The number of ether oxygens (including phenoxy) is 1. The van der Waals surface area contributed by atoms with Crippen molar-refractivity contribution in [1.82, 2.24) is 0 Å². The first-order chi connectivity index (χ1) is 11.4. The quantitative estimate of drug-likeness (QED) is 0.747. The number of nitrogen functional groups attached to an aromatic ring is 1. The molecule has 1 aromatic carbocycles. The van der Waals surface area contributed by atoms with Crippen molar-refractivity contribution in [3.63, 3.8) is 0 Å². The summed E-state index contributed by atoms with van der Waals surface area (Å²) in [6.45, 7) is 8.80. The van der Waals surface area contributed by atoms with Crippen LogP contribution in [0, 0.1) is 5.92 Å². The van der Waals surface area contributed by atoms with E-state index in [1.54, 1.807) is 0 Å². The van der Waals surface area contributed by atoms with Crippen LogP contribution in [0.5, 0.6) is 0 Å². The fourth-order valence-electron chi connectivity index (χ4n) is 3.47. The smallest absolute Gasteiger partial charge is 0.303 e. The van der Waals surface area contributed by atoms with Gasteiger partial charge in [0.2, 0.25) is 0 Å². The van der Waals surface area contributed by atoms with Crippen LogP contribution >= 0.6 is 0 Å². The molecule has 1 fully saturated rings. The summed E-state index contributed by atoms with van der Waals surface area (Å²) in [5.74, 6) is -0.0162. The number of hydrogen-bond donors (Lipinski definition) is 2. The first-order valence-electron chi connectivity index (χ1n) is 8.89. The van der Waals surface area contributed by atoms with E-state index in [1.165, 1.54) is 0 Å². The molecule has 0 spiro atoms. The van der Waals surface area contributed by atoms with E-state index in [2.05, 4.69) is 37.8 Å². The Morgan fingerprint density at radius 2 is 2.21 bits per heavy atom. The summed E-state index contributed by atoms with van der Waals surface area (Å²) in [7, 11) is 0. The molecule has 2 atom stereocenters. The standard InChI is InChI=1S/C19H30N2O3/c1-4-14(6-8-19(22)23)15-5-7-17(16(20)11-15)21-9-10-24-12-18(21)13(2)3/h5,7,11,13-14,18H,4,6,8-10,12,20H2,1-3H3,(H,22,23)/t14-,18?/m1/s1. The number of aliphatic carboxylic acids is 1. The van der Waals surface area contributed by atoms with Gasteiger partial charge in [-0.3, -0.25) is 4.79 Å². The predicted molar refractivity (Wildman–Crippen MR) is 97.5 cm³/mol. The predicted octanol–water partition coefficient (Wildman–Crippen LogP) is 3.49. The number of carbonyl (C=O) groups is 1. The third-order valence-electron chi connectivity index (χ3n) is 4.97. The topological polar surface area (TPSA) is 75.8 Å². The van der Waals surface area contributed by atoms with Gasteiger partial charge in [-0.2, -0.15) is 0 Å². The van der Waals surface area contributed by atoms with E-state index in [-0.39, 0.29) is 12.3 Å². The van der Waals surface area contributed by atoms with Crippen LogP contribution in [0.15, 0.2) is 18.2 Å². The summed E-state index contributed by atoms with van der Waals surface area (Å²) >= 11 is 0. The van der Waals surface area contributed by atoms with Gasteiger partial charge in [0.05, 0.1) is 30.6 Å². The number of morpholine rings is 1. The monoisotopic (exact) mass is 334 g/mol. The molecular weight excluding hydrogens is 304 g/mol. The lowest BCUT2D eigenvalue weighted by atomic mass is 9.91. The number of nitrogens with zero attached hydrogens (tertiary/aromatic N) is 1. The molecule has 0 aromatic heterocycles. The normalized spacial score (nSPS) is 19.5. The zero-order valence-electron chi connectivity index (χ0n) is 15.0. The largest absolute Gasteiger partial charge is 0.481 e. The summed E-state index contributed by atoms with van der Waals surface area (Å²) in [6.07, 6.45) is 1.76. The fourth-order valence-corrected chi connectivity index (χ4v) is 3.47. The molecule has 24 heavy (non-hydrogen) atoms. The van der Waals surface area contributed by atoms with Gasteiger partial charge in [0.15, 0.2) is 0 Å². The van der Waals surface area contributed by atoms with Gasteiger partial charge in [0.25, 0.3) is 0 Å². The molecule has 3 N–H and O–H groups in total. The molecule has 1 aromatic rings. The second kappa shape index (κ2) is 8.38. The zero-order chi connectivity index (χ0) is 17.7. The Labute approximate surface area is 144 Å². The SMILES string of the molecule is CC[C@H](CCC(=O)O)c1ccc(N2CCOCC2C(C)C)c(N)c1. The van der Waals surface area contributed by atoms with Gasteiger partial charge in [0, 0.05) is 13.0 Å². The first-order valence-corrected chi connectivity index (χ1v) is 8.89. The number of carboxylic acid groups (broad SMARTS) is 1. The van der Waals surface area contributed by atoms with Gasteiger partial charge in [-0.25, -0.2) is 0 Å². The van der Waals surface area contributed by atoms with E-state index in [1.807, 2.05) is 6.07 Å². The second-order valence-corrected chi connectivity index (χ2v) is 6.94. The minimum atomic E-state index is -0.744. The van der Waals surface area contributed by atoms with E-state index >= 15 is 0 Å². The minimum absolute atomic E-state index is 0.194. The molecule has 1 aliphatic heterocycles. The molecule has 0 saturated carbocycles. The van der Waals surface area contributed by atoms with Gasteiger partial charge < -0.3 is 20.5 Å². The molecule has 1 unspecified atom stereocenters. The maximum Gasteiger partial charge on any atom is 0.303 e. The van der Waals surface area contributed by atoms with Crippen LogP contribution in [0.1, 0.15) is 51.5 Å². The van der Waals surface area contributed by atoms with Crippen LogP contribution in [0.4, 0.5) is 11.4 Å². The molecule has 2 rings (SSSR count). The van der Waals surface area contributed by atoms with Crippen molar-refractivity contribution >= 4 is 17.3 Å². The summed E-state index contributed by atoms with van der Waals surface area (Å²) in [5, 5.41) is 8.91. The summed E-state index contributed by atoms with van der Waals surface area (Å²) in [6, 6.07) is 6.56. The van der Waals surface area contributed by atoms with E-state index in [0.29, 0.717) is 18.4 Å². The Hall–Kier alpha value is -1.75. The Balaban J connectivity index is 2.20. The average Bonchev–Trinajstić information content (AvgIpc) is 2.55. The summed E-state index contributed by atoms with van der Waals surface area (Å²) < 4.78 is 5.63. The minimum Gasteiger partial charge on any atom is -0.481 e. The van der Waals surface area contributed by atoms with Crippen LogP contribution in [0.2, 0.25) is 0 Å². The molecule has 1 heterocycles. The maximum absolute atomic E-state index is 10.8. The lowest BCUT2D eigenvalue weighted by Crippen LogP contribution is -2.48. The molecule has 0 radical (unpaired) electrons. The van der Waals surface area contributed by atoms with Crippen molar-refractivity contribution in [2.75, 3.05) is 30.4 Å². The number of benzene rings is 1. The molecule has 1 aliphatic rings. The van der Waals surface area contributed by atoms with Crippen LogP contribution in [-0.4, -0.2) is 36.9 Å². The van der Waals surface area contributed by atoms with Crippen molar-refractivity contribution in [2.45, 2.75) is 52.0 Å². The lowest BCUT2D eigenvalue weighted by Gasteiger charge is -2.40. The molecule has 5 nitrogen and oxygen atoms in total. The van der Waals surface area contributed by atoms with Gasteiger partial charge in [-0.05, 0) is 42.4 Å². The van der Waals surface area contributed by atoms with Crippen molar-refractivity contribution in [3.05, 3.63) is 23.8 Å². The molecule has 134 valence electrons. The van der Waals surface area contributed by atoms with Crippen molar-refractivity contribution in [1.29, 1.82) is 0 Å². The van der Waals surface area contributed by atoms with Gasteiger partial charge in [0.1, 0.15) is 0 Å². The molecular formula is C19H30N2O3. The van der Waals surface area contributed by atoms with E-state index in [4.69, 9.17) is 15.6 Å². The number of hydrogen-bond acceptors (Lipinski definition) is 4. The first kappa shape index (κ1) is 18.6. The highest BCUT2D eigenvalue weighted by atomic mass is 16.5. The molecule has 0 bridgehead atoms. The van der Waals surface area contributed by atoms with E-state index in [9.17, 15) is 4.79 Å². The van der Waals surface area contributed by atoms with Gasteiger partial charge in [-0.15, -0.1) is 0 Å². The number of carboxylic acids is 1. The highest BCUT2D eigenvalue weighted by Crippen LogP contribution is 2.33. The molecule has 0 aliphatic carbocycles. The van der Waals surface area contributed by atoms with Crippen molar-refractivity contribution < 1.29 is 14.6 Å². The third-order valence-corrected chi connectivity index (χ3v) is 4.97. The summed E-state index contributed by atoms with van der Waals surface area (Å²) in [4.78, 5) is 13.2. The molecule has 1 saturated heterocycles. The van der Waals surface area contributed by atoms with Crippen molar-refractivity contribution in [2.24, 2.45) is 5.92 Å². The van der Waals surface area contributed by atoms with Gasteiger partial charge in [-0.1, -0.05) is 26.8 Å². The van der Waals surface area contributed by atoms with Crippen molar-refractivity contribution in [3.8, 4) is 0 Å². The molecule has 5 heteroatoms. The summed E-state index contributed by atoms with van der Waals surface area (Å²) in [5.41, 5.74) is 9.33. The Kier molecular flexibility index (Phi) is 6.49. The van der Waals surface area contributed by atoms with Crippen LogP contribution in [0.3, 0.4) is 0 Å². The third kappa shape index (κ3) is 4.41. The number of anilines is 2. The Morgan fingerprint density at radius 3 is 2.79 bits per heavy atom. The lowest BCUT2D eigenvalue weighted by molar-refractivity contribution is -0.137. The highest BCUT2D eigenvalue weighted by Gasteiger charge is 2.27. The Morgan fingerprint density at radius 1 is 1.46 bits per heavy atom. The fraction of sp³-hybridized carbons (Fsp3) is 0.632. The van der Waals surface area contributed by atoms with E-state index in [0.717, 1.165) is 43.1 Å². The highest BCUT2D eigenvalue weighted by molar-refractivity contribution is 5.70. The van der Waals surface area contributed by atoms with E-state index < -0.39 is 5.97 Å². The Bertz CT molecular complexity index is 560. The maximum atomic E-state index is 10.8. The number of nitrogens with two attached hydrogens (primary N) is 1. The average molecular weight is 334 g/mol.